The summed E-state index contributed by atoms with van der Waals surface area (Å²) in [6.45, 7) is -0.0323. The van der Waals surface area contributed by atoms with E-state index in [1.165, 1.54) is 13.4 Å². The van der Waals surface area contributed by atoms with Gasteiger partial charge in [-0.15, -0.1) is 0 Å². The summed E-state index contributed by atoms with van der Waals surface area (Å²) in [5.74, 6) is 0.343. The van der Waals surface area contributed by atoms with Gasteiger partial charge in [-0.2, -0.15) is 0 Å². The van der Waals surface area contributed by atoms with Gasteiger partial charge in [-0.25, -0.2) is 13.1 Å². The van der Waals surface area contributed by atoms with E-state index in [4.69, 9.17) is 9.15 Å². The number of ether oxygens (including phenoxy) is 1. The maximum atomic E-state index is 12.2. The number of benzene rings is 1. The van der Waals surface area contributed by atoms with Crippen LogP contribution in [0.2, 0.25) is 0 Å². The van der Waals surface area contributed by atoms with Crippen molar-refractivity contribution < 1.29 is 22.5 Å². The van der Waals surface area contributed by atoms with E-state index in [9.17, 15) is 18.5 Å². The molecule has 1 aromatic heterocycles. The zero-order valence-electron chi connectivity index (χ0n) is 11.0. The van der Waals surface area contributed by atoms with Crippen molar-refractivity contribution >= 4 is 15.7 Å². The number of nitrogens with zero attached hydrogens (tertiary/aromatic N) is 1. The lowest BCUT2D eigenvalue weighted by Gasteiger charge is -2.09. The Hall–Kier alpha value is -2.39. The molecule has 0 unspecified atom stereocenters. The van der Waals surface area contributed by atoms with Crippen LogP contribution in [0, 0.1) is 10.1 Å². The molecule has 2 aromatic rings. The number of rotatable bonds is 6. The normalized spacial score (nSPS) is 11.3. The van der Waals surface area contributed by atoms with Gasteiger partial charge in [0.2, 0.25) is 10.0 Å². The molecule has 0 aliphatic heterocycles. The van der Waals surface area contributed by atoms with Crippen LogP contribution in [0.15, 0.2) is 45.9 Å². The summed E-state index contributed by atoms with van der Waals surface area (Å²) in [7, 11) is -2.64. The molecule has 0 fully saturated rings. The van der Waals surface area contributed by atoms with Crippen molar-refractivity contribution in [2.75, 3.05) is 7.11 Å². The monoisotopic (exact) mass is 312 g/mol. The first-order chi connectivity index (χ1) is 9.94. The second kappa shape index (κ2) is 5.94. The van der Waals surface area contributed by atoms with E-state index in [0.717, 1.165) is 18.2 Å². The number of sulfonamides is 1. The molecule has 2 rings (SSSR count). The van der Waals surface area contributed by atoms with Crippen molar-refractivity contribution in [3.63, 3.8) is 0 Å². The van der Waals surface area contributed by atoms with Gasteiger partial charge in [-0.3, -0.25) is 10.1 Å². The molecule has 0 spiro atoms. The molecule has 8 nitrogen and oxygen atoms in total. The molecule has 21 heavy (non-hydrogen) atoms. The van der Waals surface area contributed by atoms with Crippen molar-refractivity contribution in [2.24, 2.45) is 0 Å². The van der Waals surface area contributed by atoms with Crippen LogP contribution in [-0.4, -0.2) is 20.5 Å². The van der Waals surface area contributed by atoms with Crippen LogP contribution in [0.4, 0.5) is 5.69 Å². The number of nitro benzene ring substituents is 1. The molecule has 0 bridgehead atoms. The van der Waals surface area contributed by atoms with Crippen molar-refractivity contribution in [2.45, 2.75) is 11.4 Å². The average molecular weight is 312 g/mol. The Balaban J connectivity index is 2.28. The number of furan rings is 1. The van der Waals surface area contributed by atoms with Crippen molar-refractivity contribution in [3.8, 4) is 5.75 Å². The molecule has 0 amide bonds. The van der Waals surface area contributed by atoms with E-state index in [2.05, 4.69) is 4.72 Å². The summed E-state index contributed by atoms with van der Waals surface area (Å²) < 4.78 is 36.6. The number of nitrogens with one attached hydrogen (secondary N) is 1. The van der Waals surface area contributed by atoms with Crippen LogP contribution >= 0.6 is 0 Å². The van der Waals surface area contributed by atoms with Gasteiger partial charge in [-0.1, -0.05) is 0 Å². The van der Waals surface area contributed by atoms with Gasteiger partial charge >= 0.3 is 0 Å². The first kappa shape index (κ1) is 15.0. The molecule has 9 heteroatoms. The third-order valence-electron chi connectivity index (χ3n) is 2.66. The lowest BCUT2D eigenvalue weighted by atomic mass is 10.3. The van der Waals surface area contributed by atoms with Crippen molar-refractivity contribution in [1.82, 2.24) is 4.72 Å². The van der Waals surface area contributed by atoms with Crippen LogP contribution in [0.1, 0.15) is 5.76 Å². The number of non-ortho nitro benzene ring substituents is 1. The quantitative estimate of drug-likeness (QED) is 0.641. The van der Waals surface area contributed by atoms with Crippen LogP contribution in [0.25, 0.3) is 0 Å². The van der Waals surface area contributed by atoms with Gasteiger partial charge in [0.05, 0.1) is 30.9 Å². The Morgan fingerprint density at radius 2 is 2.14 bits per heavy atom. The number of nitro groups is 1. The van der Waals surface area contributed by atoms with E-state index in [1.54, 1.807) is 12.1 Å². The zero-order valence-corrected chi connectivity index (χ0v) is 11.8. The predicted octanol–water partition coefficient (Wildman–Crippen LogP) is 1.67. The van der Waals surface area contributed by atoms with E-state index < -0.39 is 14.9 Å². The maximum Gasteiger partial charge on any atom is 0.273 e. The Labute approximate surface area is 120 Å². The van der Waals surface area contributed by atoms with Crippen LogP contribution < -0.4 is 9.46 Å². The molecule has 0 atom stereocenters. The molecule has 112 valence electrons. The summed E-state index contributed by atoms with van der Waals surface area (Å²) in [5.41, 5.74) is -0.253. The Morgan fingerprint density at radius 1 is 1.38 bits per heavy atom. The topological polar surface area (TPSA) is 112 Å². The minimum atomic E-state index is -3.88. The minimum absolute atomic E-state index is 0.0323. The largest absolute Gasteiger partial charge is 0.495 e. The molecule has 1 heterocycles. The highest BCUT2D eigenvalue weighted by atomic mass is 32.2. The van der Waals surface area contributed by atoms with E-state index in [0.29, 0.717) is 5.76 Å². The smallest absolute Gasteiger partial charge is 0.273 e. The van der Waals surface area contributed by atoms with Crippen LogP contribution in [0.5, 0.6) is 5.75 Å². The fourth-order valence-electron chi connectivity index (χ4n) is 1.65. The zero-order chi connectivity index (χ0) is 15.5. The summed E-state index contributed by atoms with van der Waals surface area (Å²) >= 11 is 0. The highest BCUT2D eigenvalue weighted by molar-refractivity contribution is 7.89. The molecule has 0 aliphatic carbocycles. The molecule has 0 radical (unpaired) electrons. The van der Waals surface area contributed by atoms with Gasteiger partial charge in [0.1, 0.15) is 16.4 Å². The minimum Gasteiger partial charge on any atom is -0.495 e. The van der Waals surface area contributed by atoms with Gasteiger partial charge in [-0.05, 0) is 18.2 Å². The summed E-state index contributed by atoms with van der Waals surface area (Å²) in [4.78, 5) is 9.88. The Kier molecular flexibility index (Phi) is 4.24. The van der Waals surface area contributed by atoms with E-state index in [-0.39, 0.29) is 22.9 Å². The first-order valence-electron chi connectivity index (χ1n) is 5.78. The highest BCUT2D eigenvalue weighted by Crippen LogP contribution is 2.28. The van der Waals surface area contributed by atoms with Crippen LogP contribution in [0.3, 0.4) is 0 Å². The van der Waals surface area contributed by atoms with Gasteiger partial charge in [0.15, 0.2) is 0 Å². The maximum absolute atomic E-state index is 12.2. The van der Waals surface area contributed by atoms with Crippen molar-refractivity contribution in [1.29, 1.82) is 0 Å². The first-order valence-corrected chi connectivity index (χ1v) is 7.27. The lowest BCUT2D eigenvalue weighted by molar-refractivity contribution is -0.385. The highest BCUT2D eigenvalue weighted by Gasteiger charge is 2.22. The molecular weight excluding hydrogens is 300 g/mol. The van der Waals surface area contributed by atoms with Gasteiger partial charge in [0.25, 0.3) is 5.69 Å². The molecule has 0 saturated carbocycles. The fraction of sp³-hybridized carbons (Fsp3) is 0.167. The second-order valence-electron chi connectivity index (χ2n) is 4.00. The SMILES string of the molecule is COc1cc([N+](=O)[O-])ccc1S(=O)(=O)NCc1ccco1. The number of methoxy groups -OCH3 is 1. The second-order valence-corrected chi connectivity index (χ2v) is 5.73. The number of hydrogen-bond donors (Lipinski definition) is 1. The standard InChI is InChI=1S/C12H12N2O6S/c1-19-11-7-9(14(15)16)4-5-12(11)21(17,18)13-8-10-3-2-6-20-10/h2-7,13H,8H2,1H3. The van der Waals surface area contributed by atoms with Crippen LogP contribution in [-0.2, 0) is 16.6 Å². The van der Waals surface area contributed by atoms with Gasteiger partial charge in [0, 0.05) is 6.07 Å². The lowest BCUT2D eigenvalue weighted by Crippen LogP contribution is -2.23. The predicted molar refractivity (Wildman–Crippen MR) is 72.4 cm³/mol. The molecule has 0 aliphatic rings. The summed E-state index contributed by atoms with van der Waals surface area (Å²) in [5, 5.41) is 10.7. The average Bonchev–Trinajstić information content (AvgIpc) is 2.97. The fourth-order valence-corrected chi connectivity index (χ4v) is 2.79. The van der Waals surface area contributed by atoms with E-state index >= 15 is 0 Å². The molecular formula is C12H12N2O6S. The summed E-state index contributed by atoms with van der Waals surface area (Å²) in [6.07, 6.45) is 1.43. The number of hydrogen-bond acceptors (Lipinski definition) is 6. The van der Waals surface area contributed by atoms with E-state index in [1.807, 2.05) is 0 Å². The molecule has 1 aromatic carbocycles. The Morgan fingerprint density at radius 3 is 2.71 bits per heavy atom. The molecule has 1 N–H and O–H groups in total. The third-order valence-corrected chi connectivity index (χ3v) is 4.10. The Bertz CT molecular complexity index is 739. The third kappa shape index (κ3) is 3.38. The summed E-state index contributed by atoms with van der Waals surface area (Å²) in [6, 6.07) is 6.54. The van der Waals surface area contributed by atoms with Gasteiger partial charge < -0.3 is 9.15 Å². The molecule has 0 saturated heterocycles. The van der Waals surface area contributed by atoms with Crippen molar-refractivity contribution in [3.05, 3.63) is 52.5 Å².